The summed E-state index contributed by atoms with van der Waals surface area (Å²) >= 11 is 0. The fourth-order valence-corrected chi connectivity index (χ4v) is 2.43. The molecule has 3 rings (SSSR count). The highest BCUT2D eigenvalue weighted by Gasteiger charge is 2.51. The molecule has 0 amide bonds. The van der Waals surface area contributed by atoms with Crippen molar-refractivity contribution in [3.05, 3.63) is 0 Å². The van der Waals surface area contributed by atoms with E-state index in [0.29, 0.717) is 5.71 Å². The first-order chi connectivity index (χ1) is 7.70. The number of nitrogens with two attached hydrogens (primary N) is 2. The summed E-state index contributed by atoms with van der Waals surface area (Å²) in [6.07, 6.45) is 0. The molecule has 0 aromatic carbocycles. The normalized spacial score (nSPS) is 48.9. The zero-order valence-corrected chi connectivity index (χ0v) is 8.49. The highest BCUT2D eigenvalue weighted by Crippen LogP contribution is 2.20. The Labute approximate surface area is 91.8 Å². The molecular formula is C6H16N10. The van der Waals surface area contributed by atoms with Crippen molar-refractivity contribution in [2.75, 3.05) is 0 Å². The van der Waals surface area contributed by atoms with Gasteiger partial charge in [0.15, 0.2) is 0 Å². The zero-order chi connectivity index (χ0) is 11.3. The average molecular weight is 228 g/mol. The van der Waals surface area contributed by atoms with Gasteiger partial charge in [-0.3, -0.25) is 0 Å². The summed E-state index contributed by atoms with van der Waals surface area (Å²) in [6, 6.07) is -1.05. The maximum absolute atomic E-state index is 7.99. The Balaban J connectivity index is 1.94. The first-order valence-corrected chi connectivity index (χ1v) is 5.11. The lowest BCUT2D eigenvalue weighted by atomic mass is 9.78. The van der Waals surface area contributed by atoms with Crippen LogP contribution in [0.2, 0.25) is 0 Å². The summed E-state index contributed by atoms with van der Waals surface area (Å²) < 4.78 is 0. The second-order valence-corrected chi connectivity index (χ2v) is 4.18. The number of hydrazine groups is 6. The lowest BCUT2D eigenvalue weighted by molar-refractivity contribution is -0.100. The molecule has 5 atom stereocenters. The molecule has 16 heavy (non-hydrogen) atoms. The van der Waals surface area contributed by atoms with Crippen molar-refractivity contribution >= 4 is 5.71 Å². The molecule has 0 spiro atoms. The number of nitrogens with one attached hydrogen (secondary N) is 7. The first kappa shape index (κ1) is 10.5. The molecule has 3 aliphatic rings. The molecule has 0 aromatic heterocycles. The van der Waals surface area contributed by atoms with Gasteiger partial charge in [0.2, 0.25) is 0 Å². The quantitative estimate of drug-likeness (QED) is 0.199. The predicted octanol–water partition coefficient (Wildman–Crippen LogP) is -4.86. The van der Waals surface area contributed by atoms with Gasteiger partial charge in [0.1, 0.15) is 0 Å². The van der Waals surface area contributed by atoms with E-state index in [4.69, 9.17) is 16.9 Å². The SMILES string of the molecule is N=C1C(N)C(N)C2NNNN3NNNC1C23. The van der Waals surface area contributed by atoms with Gasteiger partial charge in [0.05, 0.1) is 24.2 Å². The van der Waals surface area contributed by atoms with Crippen LogP contribution in [0.15, 0.2) is 0 Å². The Morgan fingerprint density at radius 2 is 1.81 bits per heavy atom. The molecule has 0 aromatic rings. The Kier molecular flexibility index (Phi) is 2.39. The molecule has 0 radical (unpaired) electrons. The molecule has 3 fully saturated rings. The standard InChI is InChI=1S/C6H16N10/c7-1-2(8)4-6-5(3(1)9)11-13-15-16(6)14-12-10-4/h1-2,4-6,9-15H,7-8H2. The maximum atomic E-state index is 7.99. The molecule has 5 unspecified atom stereocenters. The van der Waals surface area contributed by atoms with Crippen LogP contribution >= 0.6 is 0 Å². The molecule has 2 heterocycles. The van der Waals surface area contributed by atoms with Crippen LogP contribution in [-0.2, 0) is 0 Å². The summed E-state index contributed by atoms with van der Waals surface area (Å²) in [7, 11) is 0. The van der Waals surface area contributed by atoms with Crippen LogP contribution in [0.5, 0.6) is 0 Å². The summed E-state index contributed by atoms with van der Waals surface area (Å²) in [6.45, 7) is 0. The van der Waals surface area contributed by atoms with Gasteiger partial charge >= 0.3 is 0 Å². The molecule has 1 saturated carbocycles. The van der Waals surface area contributed by atoms with Crippen molar-refractivity contribution in [2.24, 2.45) is 11.5 Å². The Bertz CT molecular complexity index is 304. The van der Waals surface area contributed by atoms with E-state index in [2.05, 4.69) is 33.0 Å². The van der Waals surface area contributed by atoms with E-state index in [-0.39, 0.29) is 24.2 Å². The fraction of sp³-hybridized carbons (Fsp3) is 0.833. The predicted molar refractivity (Wildman–Crippen MR) is 55.7 cm³/mol. The van der Waals surface area contributed by atoms with E-state index in [9.17, 15) is 0 Å². The average Bonchev–Trinajstić information content (AvgIpc) is 2.33. The van der Waals surface area contributed by atoms with E-state index in [1.165, 1.54) is 0 Å². The van der Waals surface area contributed by atoms with Crippen LogP contribution in [0.4, 0.5) is 0 Å². The highest BCUT2D eigenvalue weighted by molar-refractivity contribution is 5.94. The van der Waals surface area contributed by atoms with Crippen molar-refractivity contribution in [3.63, 3.8) is 0 Å². The minimum absolute atomic E-state index is 0.0372. The van der Waals surface area contributed by atoms with Gasteiger partial charge in [-0.1, -0.05) is 0 Å². The van der Waals surface area contributed by atoms with Gasteiger partial charge in [-0.15, -0.1) is 5.12 Å². The number of hydrogen-bond donors (Lipinski definition) is 9. The second-order valence-electron chi connectivity index (χ2n) is 4.18. The maximum Gasteiger partial charge on any atom is 0.0831 e. The van der Waals surface area contributed by atoms with Gasteiger partial charge in [0.25, 0.3) is 0 Å². The topological polar surface area (TPSA) is 151 Å². The minimum Gasteiger partial charge on any atom is -0.325 e. The van der Waals surface area contributed by atoms with Gasteiger partial charge < -0.3 is 16.9 Å². The molecular weight excluding hydrogens is 212 g/mol. The van der Waals surface area contributed by atoms with E-state index in [1.54, 1.807) is 5.12 Å². The number of nitrogens with zero attached hydrogens (tertiary/aromatic N) is 1. The van der Waals surface area contributed by atoms with Crippen molar-refractivity contribution in [1.82, 2.24) is 38.1 Å². The third kappa shape index (κ3) is 1.31. The highest BCUT2D eigenvalue weighted by atomic mass is 16.0. The van der Waals surface area contributed by atoms with E-state index in [1.807, 2.05) is 0 Å². The van der Waals surface area contributed by atoms with Crippen LogP contribution in [0, 0.1) is 5.41 Å². The summed E-state index contributed by atoms with van der Waals surface area (Å²) in [5.41, 5.74) is 29.7. The van der Waals surface area contributed by atoms with Crippen LogP contribution in [0.3, 0.4) is 0 Å². The zero-order valence-electron chi connectivity index (χ0n) is 8.49. The van der Waals surface area contributed by atoms with Crippen LogP contribution in [0.25, 0.3) is 0 Å². The molecule has 90 valence electrons. The lowest BCUT2D eigenvalue weighted by Crippen LogP contribution is -2.90. The molecule has 0 bridgehead atoms. The monoisotopic (exact) mass is 228 g/mol. The largest absolute Gasteiger partial charge is 0.325 e. The van der Waals surface area contributed by atoms with Crippen molar-refractivity contribution in [1.29, 1.82) is 5.41 Å². The Morgan fingerprint density at radius 3 is 2.56 bits per heavy atom. The molecule has 10 heteroatoms. The van der Waals surface area contributed by atoms with E-state index < -0.39 is 6.04 Å². The molecule has 11 N–H and O–H groups in total. The smallest absolute Gasteiger partial charge is 0.0831 e. The molecule has 1 aliphatic carbocycles. The number of rotatable bonds is 0. The van der Waals surface area contributed by atoms with E-state index >= 15 is 0 Å². The van der Waals surface area contributed by atoms with Gasteiger partial charge in [0, 0.05) is 11.8 Å². The van der Waals surface area contributed by atoms with Crippen LogP contribution in [-0.4, -0.2) is 41.0 Å². The third-order valence-electron chi connectivity index (χ3n) is 3.35. The van der Waals surface area contributed by atoms with Crippen molar-refractivity contribution < 1.29 is 0 Å². The van der Waals surface area contributed by atoms with Crippen molar-refractivity contribution in [3.8, 4) is 0 Å². The summed E-state index contributed by atoms with van der Waals surface area (Å²) in [5, 5.41) is 9.72. The van der Waals surface area contributed by atoms with Gasteiger partial charge in [-0.25, -0.2) is 10.9 Å². The van der Waals surface area contributed by atoms with E-state index in [0.717, 1.165) is 0 Å². The first-order valence-electron chi connectivity index (χ1n) is 5.11. The number of hydrogen-bond acceptors (Lipinski definition) is 10. The molecule has 10 nitrogen and oxygen atoms in total. The minimum atomic E-state index is -0.451. The second kappa shape index (κ2) is 3.66. The van der Waals surface area contributed by atoms with Gasteiger partial charge in [-0.05, 0) is 0 Å². The van der Waals surface area contributed by atoms with Crippen LogP contribution in [0.1, 0.15) is 0 Å². The summed E-state index contributed by atoms with van der Waals surface area (Å²) in [5.74, 6) is 0. The van der Waals surface area contributed by atoms with Gasteiger partial charge in [-0.2, -0.15) is 22.1 Å². The molecule has 2 saturated heterocycles. The lowest BCUT2D eigenvalue weighted by Gasteiger charge is -2.54. The Morgan fingerprint density at radius 1 is 1.12 bits per heavy atom. The van der Waals surface area contributed by atoms with Crippen LogP contribution < -0.4 is 44.5 Å². The molecule has 2 aliphatic heterocycles. The fourth-order valence-electron chi connectivity index (χ4n) is 2.43. The summed E-state index contributed by atoms with van der Waals surface area (Å²) in [4.78, 5) is 0. The Hall–Kier alpha value is -0.690. The van der Waals surface area contributed by atoms with Crippen molar-refractivity contribution in [2.45, 2.75) is 30.2 Å². The third-order valence-corrected chi connectivity index (χ3v) is 3.35.